The normalized spacial score (nSPS) is 11.9. The predicted molar refractivity (Wildman–Crippen MR) is 52.4 cm³/mol. The first-order valence-corrected chi connectivity index (χ1v) is 4.91. The van der Waals surface area contributed by atoms with E-state index in [-0.39, 0.29) is 0 Å². The number of hydrogen-bond donors (Lipinski definition) is 1. The van der Waals surface area contributed by atoms with Crippen molar-refractivity contribution in [1.82, 2.24) is 5.32 Å². The molecule has 1 N–H and O–H groups in total. The van der Waals surface area contributed by atoms with Gasteiger partial charge in [-0.05, 0) is 17.5 Å². The summed E-state index contributed by atoms with van der Waals surface area (Å²) in [6.45, 7) is -1.30. The molecule has 0 aliphatic carbocycles. The molecule has 1 heterocycles. The van der Waals surface area contributed by atoms with E-state index in [1.54, 1.807) is 17.4 Å². The van der Waals surface area contributed by atoms with Crippen LogP contribution < -0.4 is 5.32 Å². The van der Waals surface area contributed by atoms with E-state index < -0.39 is 18.6 Å². The van der Waals surface area contributed by atoms with Crippen molar-refractivity contribution >= 4 is 23.3 Å². The maximum absolute atomic E-state index is 11.7. The van der Waals surface area contributed by atoms with E-state index in [0.29, 0.717) is 0 Å². The van der Waals surface area contributed by atoms with Gasteiger partial charge in [-0.15, -0.1) is 11.3 Å². The lowest BCUT2D eigenvalue weighted by Gasteiger charge is -2.05. The number of thiophene rings is 1. The molecular weight excluding hydrogens is 227 g/mol. The van der Waals surface area contributed by atoms with Crippen molar-refractivity contribution in [2.24, 2.45) is 0 Å². The molecule has 6 heteroatoms. The van der Waals surface area contributed by atoms with Gasteiger partial charge in [-0.3, -0.25) is 4.79 Å². The van der Waals surface area contributed by atoms with Gasteiger partial charge < -0.3 is 5.32 Å². The van der Waals surface area contributed by atoms with Crippen LogP contribution in [0.25, 0.3) is 6.08 Å². The molecule has 0 saturated carbocycles. The maximum atomic E-state index is 11.7. The monoisotopic (exact) mass is 235 g/mol. The Bertz CT molecular complexity index is 343. The molecule has 1 aromatic rings. The van der Waals surface area contributed by atoms with Crippen LogP contribution >= 0.6 is 11.3 Å². The van der Waals surface area contributed by atoms with Gasteiger partial charge in [0.05, 0.1) is 0 Å². The Balaban J connectivity index is 2.37. The van der Waals surface area contributed by atoms with E-state index >= 15 is 0 Å². The number of alkyl halides is 3. The molecule has 1 rings (SSSR count). The molecule has 0 atom stereocenters. The van der Waals surface area contributed by atoms with Crippen LogP contribution in [0.4, 0.5) is 13.2 Å². The number of halogens is 3. The number of carbonyl (C=O) groups is 1. The number of rotatable bonds is 3. The highest BCUT2D eigenvalue weighted by Gasteiger charge is 2.27. The molecule has 1 aromatic heterocycles. The highest BCUT2D eigenvalue weighted by Crippen LogP contribution is 2.12. The van der Waals surface area contributed by atoms with Gasteiger partial charge in [-0.1, -0.05) is 6.07 Å². The molecule has 0 aliphatic heterocycles. The quantitative estimate of drug-likeness (QED) is 0.801. The Morgan fingerprint density at radius 1 is 1.53 bits per heavy atom. The second-order valence-electron chi connectivity index (χ2n) is 2.68. The van der Waals surface area contributed by atoms with Crippen LogP contribution in [0.3, 0.4) is 0 Å². The second-order valence-corrected chi connectivity index (χ2v) is 3.66. The standard InChI is InChI=1S/C9H8F3NOS/c10-9(11,12)6-13-8(14)4-3-7-2-1-5-15-7/h1-5H,6H2,(H,13,14). The van der Waals surface area contributed by atoms with Crippen LogP contribution in [-0.2, 0) is 4.79 Å². The Kier molecular flexibility index (Phi) is 3.90. The van der Waals surface area contributed by atoms with Gasteiger partial charge in [0.15, 0.2) is 0 Å². The first-order chi connectivity index (χ1) is 6.97. The lowest BCUT2D eigenvalue weighted by atomic mass is 10.4. The largest absolute Gasteiger partial charge is 0.405 e. The van der Waals surface area contributed by atoms with Crippen LogP contribution in [0.2, 0.25) is 0 Å². The summed E-state index contributed by atoms with van der Waals surface area (Å²) in [5.74, 6) is -0.749. The summed E-state index contributed by atoms with van der Waals surface area (Å²) in [5.41, 5.74) is 0. The van der Waals surface area contributed by atoms with Gasteiger partial charge in [0.1, 0.15) is 6.54 Å². The summed E-state index contributed by atoms with van der Waals surface area (Å²) in [5, 5.41) is 3.55. The van der Waals surface area contributed by atoms with Gasteiger partial charge in [0, 0.05) is 11.0 Å². The smallest absolute Gasteiger partial charge is 0.343 e. The Morgan fingerprint density at radius 3 is 2.80 bits per heavy atom. The zero-order valence-corrected chi connectivity index (χ0v) is 8.36. The van der Waals surface area contributed by atoms with Gasteiger partial charge in [0.25, 0.3) is 0 Å². The van der Waals surface area contributed by atoms with Crippen LogP contribution in [0, 0.1) is 0 Å². The zero-order chi connectivity index (χ0) is 11.3. The Hall–Kier alpha value is -1.30. The predicted octanol–water partition coefficient (Wildman–Crippen LogP) is 2.44. The molecule has 82 valence electrons. The van der Waals surface area contributed by atoms with Crippen molar-refractivity contribution < 1.29 is 18.0 Å². The van der Waals surface area contributed by atoms with E-state index in [2.05, 4.69) is 0 Å². The number of amides is 1. The third-order valence-electron chi connectivity index (χ3n) is 1.41. The Labute approximate surface area is 88.4 Å². The molecule has 0 unspecified atom stereocenters. The third kappa shape index (κ3) is 5.21. The van der Waals surface area contributed by atoms with Crippen LogP contribution in [-0.4, -0.2) is 18.6 Å². The fourth-order valence-electron chi connectivity index (χ4n) is 0.790. The molecular formula is C9H8F3NOS. The average molecular weight is 235 g/mol. The van der Waals surface area contributed by atoms with E-state index in [0.717, 1.165) is 11.0 Å². The van der Waals surface area contributed by atoms with Crippen molar-refractivity contribution in [3.05, 3.63) is 28.5 Å². The van der Waals surface area contributed by atoms with Crippen LogP contribution in [0.5, 0.6) is 0 Å². The maximum Gasteiger partial charge on any atom is 0.405 e. The van der Waals surface area contributed by atoms with Crippen molar-refractivity contribution in [2.45, 2.75) is 6.18 Å². The van der Waals surface area contributed by atoms with Gasteiger partial charge in [-0.25, -0.2) is 0 Å². The molecule has 0 aliphatic rings. The van der Waals surface area contributed by atoms with Crippen LogP contribution in [0.1, 0.15) is 4.88 Å². The summed E-state index contributed by atoms with van der Waals surface area (Å²) in [6, 6.07) is 3.55. The lowest BCUT2D eigenvalue weighted by molar-refractivity contribution is -0.135. The summed E-state index contributed by atoms with van der Waals surface area (Å²) >= 11 is 1.40. The molecule has 15 heavy (non-hydrogen) atoms. The minimum absolute atomic E-state index is 0.749. The molecule has 0 fully saturated rings. The fraction of sp³-hybridized carbons (Fsp3) is 0.222. The van der Waals surface area contributed by atoms with Gasteiger partial charge >= 0.3 is 6.18 Å². The summed E-state index contributed by atoms with van der Waals surface area (Å²) in [4.78, 5) is 11.7. The molecule has 0 saturated heterocycles. The first-order valence-electron chi connectivity index (χ1n) is 4.03. The van der Waals surface area contributed by atoms with Crippen molar-refractivity contribution in [1.29, 1.82) is 0 Å². The summed E-state index contributed by atoms with van der Waals surface area (Å²) in [6.07, 6.45) is -1.82. The minimum Gasteiger partial charge on any atom is -0.343 e. The Morgan fingerprint density at radius 2 is 2.27 bits per heavy atom. The van der Waals surface area contributed by atoms with E-state index in [4.69, 9.17) is 0 Å². The SMILES string of the molecule is O=C(C=Cc1cccs1)NCC(F)(F)F. The topological polar surface area (TPSA) is 29.1 Å². The summed E-state index contributed by atoms with van der Waals surface area (Å²) < 4.78 is 35.1. The minimum atomic E-state index is -4.37. The number of hydrogen-bond acceptors (Lipinski definition) is 2. The highest BCUT2D eigenvalue weighted by molar-refractivity contribution is 7.10. The number of carbonyl (C=O) groups excluding carboxylic acids is 1. The van der Waals surface area contributed by atoms with E-state index in [1.807, 2.05) is 5.38 Å². The average Bonchev–Trinajstić information content (AvgIpc) is 2.62. The highest BCUT2D eigenvalue weighted by atomic mass is 32.1. The molecule has 1 amide bonds. The van der Waals surface area contributed by atoms with E-state index in [1.165, 1.54) is 17.4 Å². The summed E-state index contributed by atoms with van der Waals surface area (Å²) in [7, 11) is 0. The zero-order valence-electron chi connectivity index (χ0n) is 7.54. The van der Waals surface area contributed by atoms with Crippen LogP contribution in [0.15, 0.2) is 23.6 Å². The lowest BCUT2D eigenvalue weighted by Crippen LogP contribution is -2.32. The molecule has 0 radical (unpaired) electrons. The molecule has 0 aromatic carbocycles. The van der Waals surface area contributed by atoms with E-state index in [9.17, 15) is 18.0 Å². The van der Waals surface area contributed by atoms with Crippen molar-refractivity contribution in [3.8, 4) is 0 Å². The molecule has 2 nitrogen and oxygen atoms in total. The third-order valence-corrected chi connectivity index (χ3v) is 2.24. The first kappa shape index (κ1) is 11.8. The van der Waals surface area contributed by atoms with Crippen molar-refractivity contribution in [3.63, 3.8) is 0 Å². The number of nitrogens with one attached hydrogen (secondary N) is 1. The van der Waals surface area contributed by atoms with Crippen molar-refractivity contribution in [2.75, 3.05) is 6.54 Å². The molecule has 0 spiro atoms. The second kappa shape index (κ2) is 4.97. The molecule has 0 bridgehead atoms. The van der Waals surface area contributed by atoms with Gasteiger partial charge in [-0.2, -0.15) is 13.2 Å². The fourth-order valence-corrected chi connectivity index (χ4v) is 1.41. The van der Waals surface area contributed by atoms with Gasteiger partial charge in [0.2, 0.25) is 5.91 Å².